The molecule has 2 heterocycles. The molecular weight excluding hydrogens is 845 g/mol. The Morgan fingerprint density at radius 1 is 0.286 bits per heavy atom. The van der Waals surface area contributed by atoms with Gasteiger partial charge in [-0.2, -0.15) is 0 Å². The van der Waals surface area contributed by atoms with Gasteiger partial charge in [0.1, 0.15) is 0 Å². The first-order chi connectivity index (χ1) is 34.2. The minimum atomic E-state index is -0.149. The molecule has 0 atom stereocenters. The lowest BCUT2D eigenvalue weighted by Gasteiger charge is -2.24. The van der Waals surface area contributed by atoms with Gasteiger partial charge in [0.2, 0.25) is 0 Å². The number of fused-ring (bicyclic) bond motifs is 12. The Balaban J connectivity index is 0.747. The van der Waals surface area contributed by atoms with Crippen LogP contribution < -0.4 is 0 Å². The monoisotopic (exact) mass is 894 g/mol. The zero-order valence-corrected chi connectivity index (χ0v) is 39.8. The summed E-state index contributed by atoms with van der Waals surface area (Å²) >= 11 is 0. The van der Waals surface area contributed by atoms with E-state index < -0.39 is 0 Å². The second kappa shape index (κ2) is 15.0. The Morgan fingerprint density at radius 3 is 1.23 bits per heavy atom. The van der Waals surface area contributed by atoms with Gasteiger partial charge >= 0.3 is 0 Å². The molecular formula is C68H50N2. The Bertz CT molecular complexity index is 4140. The van der Waals surface area contributed by atoms with E-state index in [1.54, 1.807) is 0 Å². The van der Waals surface area contributed by atoms with Crippen LogP contribution in [0.4, 0.5) is 0 Å². The summed E-state index contributed by atoms with van der Waals surface area (Å²) in [6, 6.07) is 81.1. The molecule has 0 unspecified atom stereocenters. The highest BCUT2D eigenvalue weighted by Crippen LogP contribution is 2.56. The Hall–Kier alpha value is -8.46. The second-order valence-electron chi connectivity index (χ2n) is 20.6. The quantitative estimate of drug-likeness (QED) is 0.147. The smallest absolute Gasteiger partial charge is 0.0541 e. The number of aromatic nitrogens is 2. The van der Waals surface area contributed by atoms with Crippen molar-refractivity contribution in [2.24, 2.45) is 0 Å². The molecule has 2 heteroatoms. The van der Waals surface area contributed by atoms with E-state index >= 15 is 0 Å². The average Bonchev–Trinajstić information content (AvgIpc) is 4.06. The van der Waals surface area contributed by atoms with Crippen LogP contribution in [-0.4, -0.2) is 9.13 Å². The molecule has 0 radical (unpaired) electrons. The SMILES string of the molecule is CC1(C)c2cc(C=Cc3ccc(-c4ccc5c(c4)c4ccccc4n5-c4ccccc4)cc3)ccc2-c2cc3c(cc21)-c1ccc(-c2ccc4c(c2)c2ccccc2n4-c2ccccc2)cc1C3(C)C. The maximum absolute atomic E-state index is 2.53. The van der Waals surface area contributed by atoms with E-state index in [4.69, 9.17) is 0 Å². The fraction of sp³-hybridized carbons (Fsp3) is 0.0882. The molecule has 2 aliphatic carbocycles. The Labute approximate surface area is 409 Å². The van der Waals surface area contributed by atoms with Crippen molar-refractivity contribution in [3.63, 3.8) is 0 Å². The number of hydrogen-bond donors (Lipinski definition) is 0. The third kappa shape index (κ3) is 5.99. The Morgan fingerprint density at radius 2 is 0.671 bits per heavy atom. The van der Waals surface area contributed by atoms with Gasteiger partial charge in [0.05, 0.1) is 22.1 Å². The van der Waals surface area contributed by atoms with Crippen molar-refractivity contribution in [1.82, 2.24) is 9.13 Å². The summed E-state index contributed by atoms with van der Waals surface area (Å²) in [5.41, 5.74) is 25.4. The number of rotatable bonds is 6. The molecule has 0 aliphatic heterocycles. The zero-order chi connectivity index (χ0) is 46.9. The topological polar surface area (TPSA) is 9.86 Å². The molecule has 12 aromatic rings. The largest absolute Gasteiger partial charge is 0.309 e. The number of para-hydroxylation sites is 4. The molecule has 0 spiro atoms. The molecule has 70 heavy (non-hydrogen) atoms. The highest BCUT2D eigenvalue weighted by molar-refractivity contribution is 6.11. The van der Waals surface area contributed by atoms with Gasteiger partial charge in [0.15, 0.2) is 0 Å². The summed E-state index contributed by atoms with van der Waals surface area (Å²) in [5, 5.41) is 5.09. The molecule has 0 amide bonds. The van der Waals surface area contributed by atoms with Gasteiger partial charge in [-0.15, -0.1) is 0 Å². The average molecular weight is 895 g/mol. The molecule has 0 N–H and O–H groups in total. The zero-order valence-electron chi connectivity index (χ0n) is 39.8. The standard InChI is InChI=1S/C68H50N2/c1-67(2)59-37-44(24-23-43-25-28-45(29-26-43)46-31-35-65-57(38-46)53-19-11-13-21-63(53)69(65)49-15-7-5-8-16-49)27-33-51(59)55-41-62-56(42-61(55)67)52-34-30-48(40-60(52)68(62,3)4)47-32-36-66-58(39-47)54-20-12-14-22-64(54)70(66)50-17-9-6-10-18-50/h5-42H,1-4H3. The maximum Gasteiger partial charge on any atom is 0.0541 e. The predicted molar refractivity (Wildman–Crippen MR) is 296 cm³/mol. The van der Waals surface area contributed by atoms with Crippen LogP contribution in [0.25, 0.3) is 112 Å². The summed E-state index contributed by atoms with van der Waals surface area (Å²) in [6.07, 6.45) is 4.52. The van der Waals surface area contributed by atoms with Gasteiger partial charge in [0, 0.05) is 43.7 Å². The molecule has 0 saturated carbocycles. The van der Waals surface area contributed by atoms with Crippen LogP contribution in [0.1, 0.15) is 61.1 Å². The summed E-state index contributed by atoms with van der Waals surface area (Å²) in [6.45, 7) is 9.64. The van der Waals surface area contributed by atoms with Gasteiger partial charge in [-0.3, -0.25) is 0 Å². The summed E-state index contributed by atoms with van der Waals surface area (Å²) < 4.78 is 4.76. The van der Waals surface area contributed by atoms with Crippen LogP contribution >= 0.6 is 0 Å². The third-order valence-corrected chi connectivity index (χ3v) is 15.9. The van der Waals surface area contributed by atoms with Crippen LogP contribution in [0.5, 0.6) is 0 Å². The summed E-state index contributed by atoms with van der Waals surface area (Å²) in [4.78, 5) is 0. The molecule has 14 rings (SSSR count). The van der Waals surface area contributed by atoms with Crippen LogP contribution in [0.3, 0.4) is 0 Å². The lowest BCUT2D eigenvalue weighted by atomic mass is 9.79. The normalized spacial score (nSPS) is 14.2. The van der Waals surface area contributed by atoms with E-state index in [9.17, 15) is 0 Å². The highest BCUT2D eigenvalue weighted by atomic mass is 15.0. The van der Waals surface area contributed by atoms with Crippen molar-refractivity contribution in [1.29, 1.82) is 0 Å². The first-order valence-electron chi connectivity index (χ1n) is 24.7. The van der Waals surface area contributed by atoms with Crippen molar-refractivity contribution in [2.75, 3.05) is 0 Å². The van der Waals surface area contributed by atoms with E-state index in [0.717, 1.165) is 0 Å². The predicted octanol–water partition coefficient (Wildman–Crippen LogP) is 18.0. The van der Waals surface area contributed by atoms with Gasteiger partial charge < -0.3 is 9.13 Å². The van der Waals surface area contributed by atoms with Crippen molar-refractivity contribution < 1.29 is 0 Å². The van der Waals surface area contributed by atoms with Gasteiger partial charge in [-0.1, -0.05) is 179 Å². The number of hydrogen-bond acceptors (Lipinski definition) is 0. The molecule has 2 nitrogen and oxygen atoms in total. The Kier molecular flexibility index (Phi) is 8.71. The van der Waals surface area contributed by atoms with Crippen molar-refractivity contribution in [2.45, 2.75) is 38.5 Å². The maximum atomic E-state index is 2.53. The van der Waals surface area contributed by atoms with Crippen LogP contribution in [0.2, 0.25) is 0 Å². The van der Waals surface area contributed by atoms with E-state index in [2.05, 4.69) is 267 Å². The van der Waals surface area contributed by atoms with Gasteiger partial charge in [0.25, 0.3) is 0 Å². The van der Waals surface area contributed by atoms with Crippen LogP contribution in [0, 0.1) is 0 Å². The first-order valence-corrected chi connectivity index (χ1v) is 24.7. The number of nitrogens with zero attached hydrogens (tertiary/aromatic N) is 2. The summed E-state index contributed by atoms with van der Waals surface area (Å²) in [5.74, 6) is 0. The van der Waals surface area contributed by atoms with E-state index in [1.165, 1.54) is 133 Å². The lowest BCUT2D eigenvalue weighted by Crippen LogP contribution is -2.17. The molecule has 10 aromatic carbocycles. The minimum absolute atomic E-state index is 0.138. The minimum Gasteiger partial charge on any atom is -0.309 e. The van der Waals surface area contributed by atoms with Crippen molar-refractivity contribution in [3.8, 4) is 55.9 Å². The van der Waals surface area contributed by atoms with Crippen molar-refractivity contribution >= 4 is 55.8 Å². The third-order valence-electron chi connectivity index (χ3n) is 15.9. The molecule has 0 bridgehead atoms. The van der Waals surface area contributed by atoms with E-state index in [0.29, 0.717) is 0 Å². The number of benzene rings is 10. The van der Waals surface area contributed by atoms with Gasteiger partial charge in [-0.05, 0) is 157 Å². The molecule has 2 aromatic heterocycles. The lowest BCUT2D eigenvalue weighted by molar-refractivity contribution is 0.652. The molecule has 0 fully saturated rings. The van der Waals surface area contributed by atoms with E-state index in [1.807, 2.05) is 0 Å². The van der Waals surface area contributed by atoms with Crippen LogP contribution in [-0.2, 0) is 10.8 Å². The first kappa shape index (κ1) is 40.6. The molecule has 2 aliphatic rings. The second-order valence-corrected chi connectivity index (χ2v) is 20.6. The van der Waals surface area contributed by atoms with Gasteiger partial charge in [-0.25, -0.2) is 0 Å². The highest BCUT2D eigenvalue weighted by Gasteiger charge is 2.42. The van der Waals surface area contributed by atoms with Crippen molar-refractivity contribution in [3.05, 3.63) is 252 Å². The fourth-order valence-electron chi connectivity index (χ4n) is 12.3. The summed E-state index contributed by atoms with van der Waals surface area (Å²) in [7, 11) is 0. The fourth-order valence-corrected chi connectivity index (χ4v) is 12.3. The van der Waals surface area contributed by atoms with E-state index in [-0.39, 0.29) is 10.8 Å². The molecule has 0 saturated heterocycles. The molecule has 332 valence electrons. The van der Waals surface area contributed by atoms with Crippen LogP contribution in [0.15, 0.2) is 218 Å².